The van der Waals surface area contributed by atoms with Gasteiger partial charge in [-0.3, -0.25) is 9.69 Å². The molecule has 3 aliphatic rings. The maximum atomic E-state index is 13.1. The van der Waals surface area contributed by atoms with E-state index < -0.39 is 0 Å². The quantitative estimate of drug-likeness (QED) is 0.813. The van der Waals surface area contributed by atoms with Crippen LogP contribution in [0.3, 0.4) is 0 Å². The Morgan fingerprint density at radius 2 is 1.88 bits per heavy atom. The first-order chi connectivity index (χ1) is 12.1. The summed E-state index contributed by atoms with van der Waals surface area (Å²) in [6.45, 7) is 6.12. The number of hydrogen-bond donors (Lipinski definition) is 0. The average molecular weight is 345 g/mol. The van der Waals surface area contributed by atoms with E-state index in [1.165, 1.54) is 51.4 Å². The molecular formula is C20H32N4O. The Kier molecular flexibility index (Phi) is 4.37. The van der Waals surface area contributed by atoms with Crippen molar-refractivity contribution in [3.8, 4) is 0 Å². The highest BCUT2D eigenvalue weighted by atomic mass is 16.2. The van der Waals surface area contributed by atoms with Crippen molar-refractivity contribution in [2.45, 2.75) is 96.6 Å². The maximum Gasteiger partial charge on any atom is 0.232 e. The van der Waals surface area contributed by atoms with E-state index in [0.717, 1.165) is 24.6 Å². The highest BCUT2D eigenvalue weighted by Crippen LogP contribution is 2.52. The fourth-order valence-corrected chi connectivity index (χ4v) is 5.59. The van der Waals surface area contributed by atoms with Gasteiger partial charge in [-0.05, 0) is 25.7 Å². The molecule has 2 saturated carbocycles. The molecule has 2 unspecified atom stereocenters. The summed E-state index contributed by atoms with van der Waals surface area (Å²) in [5.74, 6) is 2.50. The second-order valence-corrected chi connectivity index (χ2v) is 8.58. The summed E-state index contributed by atoms with van der Waals surface area (Å²) in [4.78, 5) is 20.0. The second kappa shape index (κ2) is 6.40. The number of carbonyl (C=O) groups is 1. The molecule has 0 N–H and O–H groups in total. The first-order valence-corrected chi connectivity index (χ1v) is 10.4. The van der Waals surface area contributed by atoms with Gasteiger partial charge in [-0.1, -0.05) is 52.9 Å². The molecule has 0 aromatic carbocycles. The average Bonchev–Trinajstić information content (AvgIpc) is 3.07. The van der Waals surface area contributed by atoms with E-state index in [0.29, 0.717) is 12.0 Å². The molecule has 2 fully saturated rings. The van der Waals surface area contributed by atoms with Gasteiger partial charge in [0, 0.05) is 24.3 Å². The van der Waals surface area contributed by atoms with Crippen LogP contribution in [0.15, 0.2) is 0 Å². The summed E-state index contributed by atoms with van der Waals surface area (Å²) >= 11 is 0. The highest BCUT2D eigenvalue weighted by molar-refractivity contribution is 5.94. The van der Waals surface area contributed by atoms with Gasteiger partial charge in [0.15, 0.2) is 5.82 Å². The molecule has 1 aliphatic heterocycles. The Morgan fingerprint density at radius 3 is 2.56 bits per heavy atom. The maximum absolute atomic E-state index is 13.1. The standard InChI is InChI=1S/C20H32N4O/c1-4-17-21-19-23(18(25)14(2)3)16-11-7-6-10-15(16)20(24(19)22-17)12-8-5-9-13-20/h14-16H,4-13H2,1-3H3. The summed E-state index contributed by atoms with van der Waals surface area (Å²) in [5, 5.41) is 4.94. The van der Waals surface area contributed by atoms with Crippen molar-refractivity contribution in [1.82, 2.24) is 14.8 Å². The van der Waals surface area contributed by atoms with Crippen molar-refractivity contribution in [2.24, 2.45) is 11.8 Å². The van der Waals surface area contributed by atoms with Crippen LogP contribution < -0.4 is 4.90 Å². The molecule has 1 aromatic heterocycles. The van der Waals surface area contributed by atoms with E-state index >= 15 is 0 Å². The van der Waals surface area contributed by atoms with Gasteiger partial charge in [0.2, 0.25) is 11.9 Å². The lowest BCUT2D eigenvalue weighted by atomic mass is 9.64. The Morgan fingerprint density at radius 1 is 1.16 bits per heavy atom. The summed E-state index contributed by atoms with van der Waals surface area (Å²) in [6.07, 6.45) is 12.0. The van der Waals surface area contributed by atoms with Gasteiger partial charge in [0.25, 0.3) is 0 Å². The van der Waals surface area contributed by atoms with Gasteiger partial charge in [-0.15, -0.1) is 0 Å². The van der Waals surface area contributed by atoms with Crippen LogP contribution in [0.25, 0.3) is 0 Å². The van der Waals surface area contributed by atoms with E-state index in [1.807, 2.05) is 13.8 Å². The molecular weight excluding hydrogens is 312 g/mol. The third kappa shape index (κ3) is 2.53. The number of amides is 1. The predicted molar refractivity (Wildman–Crippen MR) is 98.5 cm³/mol. The number of anilines is 1. The molecule has 0 bridgehead atoms. The minimum Gasteiger partial charge on any atom is -0.277 e. The molecule has 4 rings (SSSR count). The fourth-order valence-electron chi connectivity index (χ4n) is 5.59. The monoisotopic (exact) mass is 344 g/mol. The van der Waals surface area contributed by atoms with Crippen molar-refractivity contribution in [2.75, 3.05) is 4.90 Å². The predicted octanol–water partition coefficient (Wildman–Crippen LogP) is 4.06. The smallest absolute Gasteiger partial charge is 0.232 e. The summed E-state index contributed by atoms with van der Waals surface area (Å²) in [6, 6.07) is 0.322. The van der Waals surface area contributed by atoms with Crippen LogP contribution in [0.2, 0.25) is 0 Å². The minimum atomic E-state index is -0.00166. The van der Waals surface area contributed by atoms with Gasteiger partial charge < -0.3 is 0 Å². The normalized spacial score (nSPS) is 28.1. The van der Waals surface area contributed by atoms with Gasteiger partial charge in [0.05, 0.1) is 5.54 Å². The third-order valence-corrected chi connectivity index (χ3v) is 6.79. The van der Waals surface area contributed by atoms with Crippen LogP contribution in [-0.4, -0.2) is 26.7 Å². The summed E-state index contributed by atoms with van der Waals surface area (Å²) in [7, 11) is 0. The van der Waals surface area contributed by atoms with Crippen molar-refractivity contribution >= 4 is 11.9 Å². The zero-order valence-corrected chi connectivity index (χ0v) is 16.0. The van der Waals surface area contributed by atoms with Gasteiger partial charge in [-0.2, -0.15) is 10.1 Å². The number of nitrogens with zero attached hydrogens (tertiary/aromatic N) is 4. The first kappa shape index (κ1) is 17.0. The lowest BCUT2D eigenvalue weighted by Crippen LogP contribution is -2.62. The van der Waals surface area contributed by atoms with E-state index in [4.69, 9.17) is 10.1 Å². The summed E-state index contributed by atoms with van der Waals surface area (Å²) < 4.78 is 2.22. The number of fused-ring (bicyclic) bond motifs is 4. The molecule has 1 amide bonds. The lowest BCUT2D eigenvalue weighted by Gasteiger charge is -2.55. The zero-order chi connectivity index (χ0) is 17.6. The van der Waals surface area contributed by atoms with Crippen molar-refractivity contribution in [3.05, 3.63) is 5.82 Å². The SMILES string of the molecule is CCc1nc2n(n1)C1(CCCCC1)C1CCCCC1N2C(=O)C(C)C. The van der Waals surface area contributed by atoms with Crippen LogP contribution in [0.5, 0.6) is 0 Å². The minimum absolute atomic E-state index is 0.00166. The molecule has 138 valence electrons. The van der Waals surface area contributed by atoms with E-state index in [1.54, 1.807) is 0 Å². The van der Waals surface area contributed by atoms with E-state index in [9.17, 15) is 4.79 Å². The highest BCUT2D eigenvalue weighted by Gasteiger charge is 2.55. The molecule has 5 nitrogen and oxygen atoms in total. The Balaban J connectivity index is 1.88. The number of carbonyl (C=O) groups excluding carboxylic acids is 1. The van der Waals surface area contributed by atoms with Gasteiger partial charge >= 0.3 is 0 Å². The van der Waals surface area contributed by atoms with Gasteiger partial charge in [-0.25, -0.2) is 4.68 Å². The topological polar surface area (TPSA) is 51.0 Å². The number of rotatable bonds is 2. The molecule has 2 heterocycles. The lowest BCUT2D eigenvalue weighted by molar-refractivity contribution is -0.123. The van der Waals surface area contributed by atoms with Crippen LogP contribution in [0.1, 0.15) is 84.4 Å². The fraction of sp³-hybridized carbons (Fsp3) is 0.850. The molecule has 0 radical (unpaired) electrons. The van der Waals surface area contributed by atoms with E-state index in [2.05, 4.69) is 16.5 Å². The second-order valence-electron chi connectivity index (χ2n) is 8.58. The number of aryl methyl sites for hydroxylation is 1. The largest absolute Gasteiger partial charge is 0.277 e. The Labute approximate surface area is 151 Å². The molecule has 1 aromatic rings. The van der Waals surface area contributed by atoms with Crippen molar-refractivity contribution in [1.29, 1.82) is 0 Å². The summed E-state index contributed by atoms with van der Waals surface area (Å²) in [5.41, 5.74) is 0.104. The van der Waals surface area contributed by atoms with Crippen LogP contribution in [0, 0.1) is 11.8 Å². The van der Waals surface area contributed by atoms with Crippen molar-refractivity contribution in [3.63, 3.8) is 0 Å². The third-order valence-electron chi connectivity index (χ3n) is 6.79. The molecule has 0 saturated heterocycles. The van der Waals surface area contributed by atoms with Crippen LogP contribution in [-0.2, 0) is 16.8 Å². The molecule has 2 atom stereocenters. The first-order valence-electron chi connectivity index (χ1n) is 10.4. The Bertz CT molecular complexity index is 644. The Hall–Kier alpha value is -1.39. The van der Waals surface area contributed by atoms with Crippen LogP contribution in [0.4, 0.5) is 5.95 Å². The van der Waals surface area contributed by atoms with Crippen LogP contribution >= 0.6 is 0 Å². The molecule has 1 spiro atoms. The van der Waals surface area contributed by atoms with Crippen molar-refractivity contribution < 1.29 is 4.79 Å². The zero-order valence-electron chi connectivity index (χ0n) is 16.0. The molecule has 2 aliphatic carbocycles. The van der Waals surface area contributed by atoms with Gasteiger partial charge in [0.1, 0.15) is 0 Å². The number of hydrogen-bond acceptors (Lipinski definition) is 3. The molecule has 5 heteroatoms. The van der Waals surface area contributed by atoms with E-state index in [-0.39, 0.29) is 17.4 Å². The molecule has 25 heavy (non-hydrogen) atoms. The number of aromatic nitrogens is 3.